The molecule has 0 amide bonds. The van der Waals surface area contributed by atoms with Crippen molar-refractivity contribution in [1.82, 2.24) is 5.32 Å². The van der Waals surface area contributed by atoms with E-state index >= 15 is 0 Å². The third kappa shape index (κ3) is 6.06. The van der Waals surface area contributed by atoms with Gasteiger partial charge >= 0.3 is 0 Å². The van der Waals surface area contributed by atoms with Crippen LogP contribution in [0.4, 0.5) is 0 Å². The largest absolute Gasteiger partial charge is 0.313 e. The average molecular weight is 297 g/mol. The molecule has 1 atom stereocenters. The number of sulfone groups is 1. The van der Waals surface area contributed by atoms with Crippen molar-refractivity contribution in [3.05, 3.63) is 34.9 Å². The summed E-state index contributed by atoms with van der Waals surface area (Å²) in [5, 5.41) is 3.30. The van der Waals surface area contributed by atoms with E-state index in [4.69, 9.17) is 0 Å². The second kappa shape index (κ2) is 7.79. The number of hydrogen-bond donors (Lipinski definition) is 1. The second-order valence-electron chi connectivity index (χ2n) is 5.61. The lowest BCUT2D eigenvalue weighted by molar-refractivity contribution is 0.519. The maximum absolute atomic E-state index is 12.3. The molecule has 0 aliphatic carbocycles. The molecule has 0 radical (unpaired) electrons. The number of aryl methyl sites for hydroxylation is 2. The molecule has 20 heavy (non-hydrogen) atoms. The number of rotatable bonds is 8. The number of nitrogens with one attached hydrogen (secondary N) is 1. The first-order valence-corrected chi connectivity index (χ1v) is 9.19. The SMILES string of the molecule is CCCNC(CC)CS(=O)(=O)Cc1cc(C)cc(C)c1. The van der Waals surface area contributed by atoms with Gasteiger partial charge in [0.05, 0.1) is 11.5 Å². The van der Waals surface area contributed by atoms with Crippen LogP contribution >= 0.6 is 0 Å². The molecule has 1 N–H and O–H groups in total. The van der Waals surface area contributed by atoms with Gasteiger partial charge < -0.3 is 5.32 Å². The van der Waals surface area contributed by atoms with E-state index in [1.807, 2.05) is 32.9 Å². The van der Waals surface area contributed by atoms with Crippen LogP contribution in [0.3, 0.4) is 0 Å². The van der Waals surface area contributed by atoms with Crippen molar-refractivity contribution in [3.8, 4) is 0 Å². The van der Waals surface area contributed by atoms with Gasteiger partial charge in [0.1, 0.15) is 0 Å². The Morgan fingerprint density at radius 3 is 2.20 bits per heavy atom. The zero-order valence-electron chi connectivity index (χ0n) is 13.1. The molecule has 0 heterocycles. The van der Waals surface area contributed by atoms with E-state index in [0.29, 0.717) is 0 Å². The van der Waals surface area contributed by atoms with Gasteiger partial charge in [-0.05, 0) is 38.8 Å². The quantitative estimate of drug-likeness (QED) is 0.802. The first kappa shape index (κ1) is 17.2. The first-order chi connectivity index (χ1) is 9.36. The Morgan fingerprint density at radius 1 is 1.10 bits per heavy atom. The molecule has 0 saturated carbocycles. The minimum Gasteiger partial charge on any atom is -0.313 e. The molecule has 0 spiro atoms. The predicted octanol–water partition coefficient (Wildman–Crippen LogP) is 3.00. The van der Waals surface area contributed by atoms with Gasteiger partial charge in [0.15, 0.2) is 9.84 Å². The van der Waals surface area contributed by atoms with E-state index in [1.54, 1.807) is 0 Å². The van der Waals surface area contributed by atoms with Crippen LogP contribution in [0.1, 0.15) is 43.4 Å². The van der Waals surface area contributed by atoms with Crippen LogP contribution in [-0.2, 0) is 15.6 Å². The van der Waals surface area contributed by atoms with Gasteiger partial charge in [0, 0.05) is 6.04 Å². The highest BCUT2D eigenvalue weighted by Crippen LogP contribution is 2.13. The van der Waals surface area contributed by atoms with Gasteiger partial charge in [-0.2, -0.15) is 0 Å². The van der Waals surface area contributed by atoms with E-state index in [9.17, 15) is 8.42 Å². The summed E-state index contributed by atoms with van der Waals surface area (Å²) < 4.78 is 24.6. The van der Waals surface area contributed by atoms with Crippen LogP contribution in [0, 0.1) is 13.8 Å². The van der Waals surface area contributed by atoms with E-state index in [2.05, 4.69) is 18.3 Å². The average Bonchev–Trinajstić information content (AvgIpc) is 2.32. The maximum atomic E-state index is 12.3. The summed E-state index contributed by atoms with van der Waals surface area (Å²) in [6, 6.07) is 6.05. The van der Waals surface area contributed by atoms with Crippen molar-refractivity contribution in [3.63, 3.8) is 0 Å². The van der Waals surface area contributed by atoms with Crippen LogP contribution in [0.25, 0.3) is 0 Å². The van der Waals surface area contributed by atoms with Crippen molar-refractivity contribution in [2.45, 2.75) is 52.3 Å². The Balaban J connectivity index is 2.73. The van der Waals surface area contributed by atoms with E-state index in [1.165, 1.54) is 0 Å². The highest BCUT2D eigenvalue weighted by atomic mass is 32.2. The molecule has 1 aromatic rings. The highest BCUT2D eigenvalue weighted by Gasteiger charge is 2.18. The lowest BCUT2D eigenvalue weighted by atomic mass is 10.1. The standard InChI is InChI=1S/C16H27NO2S/c1-5-7-17-16(6-2)12-20(18,19)11-15-9-13(3)8-14(4)10-15/h8-10,16-17H,5-7,11-12H2,1-4H3. The zero-order valence-corrected chi connectivity index (χ0v) is 13.9. The molecule has 1 rings (SSSR count). The Morgan fingerprint density at radius 2 is 1.70 bits per heavy atom. The molecule has 0 bridgehead atoms. The summed E-state index contributed by atoms with van der Waals surface area (Å²) in [6.07, 6.45) is 1.86. The summed E-state index contributed by atoms with van der Waals surface area (Å²) in [4.78, 5) is 0. The Labute approximate surface area is 123 Å². The van der Waals surface area contributed by atoms with Crippen molar-refractivity contribution in [2.24, 2.45) is 0 Å². The lowest BCUT2D eigenvalue weighted by Crippen LogP contribution is -2.36. The minimum atomic E-state index is -3.07. The fraction of sp³-hybridized carbons (Fsp3) is 0.625. The third-order valence-corrected chi connectivity index (χ3v) is 4.98. The molecule has 1 unspecified atom stereocenters. The zero-order chi connectivity index (χ0) is 15.2. The number of benzene rings is 1. The number of hydrogen-bond acceptors (Lipinski definition) is 3. The topological polar surface area (TPSA) is 46.2 Å². The first-order valence-electron chi connectivity index (χ1n) is 7.37. The van der Waals surface area contributed by atoms with Gasteiger partial charge in [-0.1, -0.05) is 43.2 Å². The third-order valence-electron chi connectivity index (χ3n) is 3.30. The summed E-state index contributed by atoms with van der Waals surface area (Å²) in [7, 11) is -3.07. The Bertz CT molecular complexity index is 503. The van der Waals surface area contributed by atoms with Gasteiger partial charge in [-0.25, -0.2) is 8.42 Å². The van der Waals surface area contributed by atoms with Crippen LogP contribution in [0.15, 0.2) is 18.2 Å². The maximum Gasteiger partial charge on any atom is 0.155 e. The van der Waals surface area contributed by atoms with Crippen molar-refractivity contribution >= 4 is 9.84 Å². The molecular formula is C16H27NO2S. The molecule has 4 heteroatoms. The summed E-state index contributed by atoms with van der Waals surface area (Å²) in [6.45, 7) is 8.99. The fourth-order valence-corrected chi connectivity index (χ4v) is 4.20. The molecule has 1 aromatic carbocycles. The van der Waals surface area contributed by atoms with Gasteiger partial charge in [-0.15, -0.1) is 0 Å². The summed E-state index contributed by atoms with van der Waals surface area (Å²) in [5.74, 6) is 0.357. The van der Waals surface area contributed by atoms with Crippen molar-refractivity contribution in [2.75, 3.05) is 12.3 Å². The lowest BCUT2D eigenvalue weighted by Gasteiger charge is -2.17. The van der Waals surface area contributed by atoms with Crippen LogP contribution in [0.2, 0.25) is 0 Å². The molecule has 114 valence electrons. The molecule has 0 aliphatic rings. The van der Waals surface area contributed by atoms with E-state index in [-0.39, 0.29) is 17.5 Å². The smallest absolute Gasteiger partial charge is 0.155 e. The van der Waals surface area contributed by atoms with Crippen LogP contribution in [-0.4, -0.2) is 26.8 Å². The van der Waals surface area contributed by atoms with Crippen molar-refractivity contribution in [1.29, 1.82) is 0 Å². The predicted molar refractivity (Wildman–Crippen MR) is 85.8 cm³/mol. The molecule has 0 saturated heterocycles. The molecule has 0 aromatic heterocycles. The Kier molecular flexibility index (Phi) is 6.69. The van der Waals surface area contributed by atoms with E-state index < -0.39 is 9.84 Å². The van der Waals surface area contributed by atoms with E-state index in [0.717, 1.165) is 36.1 Å². The van der Waals surface area contributed by atoms with Crippen LogP contribution < -0.4 is 5.32 Å². The van der Waals surface area contributed by atoms with Gasteiger partial charge in [0.2, 0.25) is 0 Å². The monoisotopic (exact) mass is 297 g/mol. The second-order valence-corrected chi connectivity index (χ2v) is 7.72. The Hall–Kier alpha value is -0.870. The van der Waals surface area contributed by atoms with Crippen molar-refractivity contribution < 1.29 is 8.42 Å². The highest BCUT2D eigenvalue weighted by molar-refractivity contribution is 7.90. The summed E-state index contributed by atoms with van der Waals surface area (Å²) in [5.41, 5.74) is 3.13. The molecule has 0 fully saturated rings. The molecule has 0 aliphatic heterocycles. The molecular weight excluding hydrogens is 270 g/mol. The van der Waals surface area contributed by atoms with Crippen LogP contribution in [0.5, 0.6) is 0 Å². The minimum absolute atomic E-state index is 0.0610. The summed E-state index contributed by atoms with van der Waals surface area (Å²) >= 11 is 0. The van der Waals surface area contributed by atoms with Gasteiger partial charge in [-0.3, -0.25) is 0 Å². The normalized spacial score (nSPS) is 13.4. The molecule has 3 nitrogen and oxygen atoms in total. The fourth-order valence-electron chi connectivity index (χ4n) is 2.44. The van der Waals surface area contributed by atoms with Gasteiger partial charge in [0.25, 0.3) is 0 Å².